The number of hydrogen-bond acceptors (Lipinski definition) is 2. The maximum atomic E-state index is 6.12. The minimum atomic E-state index is -0.107. The number of fused-ring (bicyclic) bond motifs is 1. The molecular weight excluding hydrogens is 186 g/mol. The average Bonchev–Trinajstić information content (AvgIpc) is 2.54. The smallest absolute Gasteiger partial charge is 0.0938 e. The lowest BCUT2D eigenvalue weighted by Crippen LogP contribution is -2.23. The Balaban J connectivity index is 2.60. The van der Waals surface area contributed by atoms with Gasteiger partial charge in [-0.2, -0.15) is 0 Å². The maximum Gasteiger partial charge on any atom is 0.0938 e. The highest BCUT2D eigenvalue weighted by molar-refractivity contribution is 5.55. The molecule has 0 amide bonds. The molecule has 1 aromatic rings. The number of hydrogen-bond donors (Lipinski definition) is 1. The molecule has 0 bridgehead atoms. The number of nitrogens with two attached hydrogens (primary N) is 1. The first-order chi connectivity index (χ1) is 7.14. The molecule has 0 aromatic heterocycles. The van der Waals surface area contributed by atoms with Gasteiger partial charge in [0.1, 0.15) is 0 Å². The lowest BCUT2D eigenvalue weighted by Gasteiger charge is -2.27. The van der Waals surface area contributed by atoms with E-state index >= 15 is 0 Å². The van der Waals surface area contributed by atoms with E-state index in [4.69, 9.17) is 10.5 Å². The van der Waals surface area contributed by atoms with Gasteiger partial charge < -0.3 is 10.5 Å². The van der Waals surface area contributed by atoms with Crippen molar-refractivity contribution in [3.63, 3.8) is 0 Å². The third-order valence-electron chi connectivity index (χ3n) is 3.58. The highest BCUT2D eigenvalue weighted by atomic mass is 16.5. The molecule has 1 aliphatic heterocycles. The van der Waals surface area contributed by atoms with Crippen molar-refractivity contribution in [2.75, 3.05) is 5.73 Å². The predicted molar refractivity (Wildman–Crippen MR) is 62.6 cm³/mol. The van der Waals surface area contributed by atoms with E-state index in [2.05, 4.69) is 26.8 Å². The van der Waals surface area contributed by atoms with E-state index in [1.165, 1.54) is 11.1 Å². The molecule has 1 heterocycles. The molecule has 0 spiro atoms. The molecule has 82 valence electrons. The molecule has 2 N–H and O–H groups in total. The van der Waals surface area contributed by atoms with Gasteiger partial charge in [-0.05, 0) is 31.4 Å². The quantitative estimate of drug-likeness (QED) is 0.751. The first-order valence-corrected chi connectivity index (χ1v) is 5.71. The summed E-state index contributed by atoms with van der Waals surface area (Å²) in [7, 11) is 0. The molecule has 0 saturated heterocycles. The van der Waals surface area contributed by atoms with Crippen molar-refractivity contribution in [1.82, 2.24) is 0 Å². The highest BCUT2D eigenvalue weighted by Gasteiger charge is 2.41. The second-order valence-corrected chi connectivity index (χ2v) is 4.27. The third kappa shape index (κ3) is 1.36. The van der Waals surface area contributed by atoms with Crippen LogP contribution in [0.4, 0.5) is 5.69 Å². The van der Waals surface area contributed by atoms with Crippen molar-refractivity contribution in [2.24, 2.45) is 0 Å². The SMILES string of the molecule is CCC1(CC)O[C@H](C)c2c(N)cccc21. The van der Waals surface area contributed by atoms with Crippen molar-refractivity contribution < 1.29 is 4.74 Å². The summed E-state index contributed by atoms with van der Waals surface area (Å²) >= 11 is 0. The first kappa shape index (κ1) is 10.5. The van der Waals surface area contributed by atoms with Crippen LogP contribution in [0.3, 0.4) is 0 Å². The van der Waals surface area contributed by atoms with Crippen LogP contribution in [0.5, 0.6) is 0 Å². The van der Waals surface area contributed by atoms with Gasteiger partial charge in [0.2, 0.25) is 0 Å². The molecular formula is C13H19NO. The summed E-state index contributed by atoms with van der Waals surface area (Å²) in [5.41, 5.74) is 9.26. The molecule has 0 radical (unpaired) electrons. The van der Waals surface area contributed by atoms with Crippen molar-refractivity contribution in [3.8, 4) is 0 Å². The van der Waals surface area contributed by atoms with Gasteiger partial charge in [-0.3, -0.25) is 0 Å². The monoisotopic (exact) mass is 205 g/mol. The fraction of sp³-hybridized carbons (Fsp3) is 0.538. The Morgan fingerprint density at radius 3 is 2.60 bits per heavy atom. The fourth-order valence-corrected chi connectivity index (χ4v) is 2.69. The third-order valence-corrected chi connectivity index (χ3v) is 3.58. The number of ether oxygens (including phenoxy) is 1. The van der Waals surface area contributed by atoms with Crippen LogP contribution in [0, 0.1) is 0 Å². The topological polar surface area (TPSA) is 35.2 Å². The van der Waals surface area contributed by atoms with Gasteiger partial charge in [-0.1, -0.05) is 26.0 Å². The molecule has 15 heavy (non-hydrogen) atoms. The number of rotatable bonds is 2. The maximum absolute atomic E-state index is 6.12. The summed E-state index contributed by atoms with van der Waals surface area (Å²) in [5, 5.41) is 0. The van der Waals surface area contributed by atoms with Gasteiger partial charge in [-0.15, -0.1) is 0 Å². The second-order valence-electron chi connectivity index (χ2n) is 4.27. The van der Waals surface area contributed by atoms with Crippen LogP contribution in [0.1, 0.15) is 50.8 Å². The van der Waals surface area contributed by atoms with Gasteiger partial charge in [-0.25, -0.2) is 0 Å². The molecule has 0 unspecified atom stereocenters. The Labute approximate surface area is 91.4 Å². The molecule has 0 aliphatic carbocycles. The molecule has 2 nitrogen and oxygen atoms in total. The second kappa shape index (κ2) is 3.53. The summed E-state index contributed by atoms with van der Waals surface area (Å²) in [5.74, 6) is 0. The summed E-state index contributed by atoms with van der Waals surface area (Å²) in [6.07, 6.45) is 2.13. The van der Waals surface area contributed by atoms with E-state index in [1.54, 1.807) is 0 Å². The Kier molecular flexibility index (Phi) is 2.47. The molecule has 1 aromatic carbocycles. The standard InChI is InChI=1S/C13H19NO/c1-4-13(5-2)10-7-6-8-11(14)12(10)9(3)15-13/h6-9H,4-5,14H2,1-3H3/t9-/m1/s1. The minimum Gasteiger partial charge on any atom is -0.398 e. The van der Waals surface area contributed by atoms with Gasteiger partial charge in [0.25, 0.3) is 0 Å². The molecule has 1 aliphatic rings. The summed E-state index contributed by atoms with van der Waals surface area (Å²) in [6.45, 7) is 6.44. The fourth-order valence-electron chi connectivity index (χ4n) is 2.69. The molecule has 1 atom stereocenters. The Bertz CT molecular complexity index is 369. The highest BCUT2D eigenvalue weighted by Crippen LogP contribution is 2.49. The van der Waals surface area contributed by atoms with Crippen LogP contribution < -0.4 is 5.73 Å². The van der Waals surface area contributed by atoms with E-state index in [0.717, 1.165) is 18.5 Å². The molecule has 2 heteroatoms. The normalized spacial score (nSPS) is 22.7. The van der Waals surface area contributed by atoms with Crippen LogP contribution in [0.2, 0.25) is 0 Å². The van der Waals surface area contributed by atoms with Crippen LogP contribution in [0.15, 0.2) is 18.2 Å². The lowest BCUT2D eigenvalue weighted by molar-refractivity contribution is -0.0747. The van der Waals surface area contributed by atoms with Crippen molar-refractivity contribution in [1.29, 1.82) is 0 Å². The van der Waals surface area contributed by atoms with Gasteiger partial charge in [0, 0.05) is 11.3 Å². The zero-order chi connectivity index (χ0) is 11.1. The van der Waals surface area contributed by atoms with E-state index in [-0.39, 0.29) is 11.7 Å². The molecule has 0 saturated carbocycles. The predicted octanol–water partition coefficient (Wildman–Crippen LogP) is 3.38. The first-order valence-electron chi connectivity index (χ1n) is 5.71. The van der Waals surface area contributed by atoms with Crippen molar-refractivity contribution >= 4 is 5.69 Å². The van der Waals surface area contributed by atoms with E-state index in [0.29, 0.717) is 0 Å². The number of nitrogen functional groups attached to an aromatic ring is 1. The Morgan fingerprint density at radius 1 is 1.33 bits per heavy atom. The minimum absolute atomic E-state index is 0.107. The average molecular weight is 205 g/mol. The van der Waals surface area contributed by atoms with Crippen LogP contribution in [0.25, 0.3) is 0 Å². The van der Waals surface area contributed by atoms with E-state index < -0.39 is 0 Å². The number of benzene rings is 1. The van der Waals surface area contributed by atoms with Crippen LogP contribution >= 0.6 is 0 Å². The van der Waals surface area contributed by atoms with Crippen molar-refractivity contribution in [2.45, 2.75) is 45.3 Å². The van der Waals surface area contributed by atoms with Gasteiger partial charge >= 0.3 is 0 Å². The van der Waals surface area contributed by atoms with Gasteiger partial charge in [0.05, 0.1) is 11.7 Å². The van der Waals surface area contributed by atoms with Crippen LogP contribution in [-0.2, 0) is 10.3 Å². The molecule has 0 fully saturated rings. The van der Waals surface area contributed by atoms with Crippen molar-refractivity contribution in [3.05, 3.63) is 29.3 Å². The number of anilines is 1. The van der Waals surface area contributed by atoms with Gasteiger partial charge in [0.15, 0.2) is 0 Å². The zero-order valence-electron chi connectivity index (χ0n) is 9.71. The summed E-state index contributed by atoms with van der Waals surface area (Å²) in [6, 6.07) is 6.14. The Morgan fingerprint density at radius 2 is 2.00 bits per heavy atom. The lowest BCUT2D eigenvalue weighted by atomic mass is 9.86. The zero-order valence-corrected chi connectivity index (χ0v) is 9.71. The largest absolute Gasteiger partial charge is 0.398 e. The summed E-state index contributed by atoms with van der Waals surface area (Å²) < 4.78 is 6.12. The summed E-state index contributed by atoms with van der Waals surface area (Å²) in [4.78, 5) is 0. The van der Waals surface area contributed by atoms with E-state index in [1.807, 2.05) is 12.1 Å². The Hall–Kier alpha value is -1.02. The van der Waals surface area contributed by atoms with E-state index in [9.17, 15) is 0 Å². The van der Waals surface area contributed by atoms with Crippen LogP contribution in [-0.4, -0.2) is 0 Å². The molecule has 2 rings (SSSR count).